The highest BCUT2D eigenvalue weighted by Gasteiger charge is 2.38. The minimum Gasteiger partial charge on any atom is -0.444 e. The topological polar surface area (TPSA) is 107 Å². The second-order valence-corrected chi connectivity index (χ2v) is 6.25. The van der Waals surface area contributed by atoms with E-state index in [0.29, 0.717) is 11.2 Å². The summed E-state index contributed by atoms with van der Waals surface area (Å²) in [5.41, 5.74) is 2.55. The molecule has 4 heterocycles. The van der Waals surface area contributed by atoms with Crippen molar-refractivity contribution in [3.05, 3.63) is 59.9 Å². The van der Waals surface area contributed by atoms with Gasteiger partial charge in [-0.25, -0.2) is 9.31 Å². The average molecular weight is 418 g/mol. The molecule has 0 radical (unpaired) electrons. The molecule has 30 heavy (non-hydrogen) atoms. The minimum absolute atomic E-state index is 0.0250. The lowest BCUT2D eigenvalue weighted by molar-refractivity contribution is -0.159. The third-order valence-corrected chi connectivity index (χ3v) is 3.99. The monoisotopic (exact) mass is 418 g/mol. The van der Waals surface area contributed by atoms with Crippen molar-refractivity contribution in [2.45, 2.75) is 19.7 Å². The Morgan fingerprint density at radius 3 is 2.83 bits per heavy atom. The van der Waals surface area contributed by atoms with Crippen LogP contribution in [0.5, 0.6) is 0 Å². The summed E-state index contributed by atoms with van der Waals surface area (Å²) in [4.78, 5) is 19.5. The Labute approximate surface area is 166 Å². The number of aryl methyl sites for hydroxylation is 1. The third kappa shape index (κ3) is 3.92. The quantitative estimate of drug-likeness (QED) is 0.536. The summed E-state index contributed by atoms with van der Waals surface area (Å²) < 4.78 is 48.9. The number of halogens is 3. The number of carbonyl (C=O) groups is 1. The first-order chi connectivity index (χ1) is 14.3. The first-order valence-corrected chi connectivity index (χ1v) is 8.53. The first kappa shape index (κ1) is 19.4. The fourth-order valence-electron chi connectivity index (χ4n) is 2.73. The van der Waals surface area contributed by atoms with E-state index in [1.807, 2.05) is 13.0 Å². The summed E-state index contributed by atoms with van der Waals surface area (Å²) in [6.45, 7) is 1.90. The molecule has 0 unspecified atom stereocenters. The Morgan fingerprint density at radius 2 is 2.10 bits per heavy atom. The molecule has 4 aromatic heterocycles. The van der Waals surface area contributed by atoms with E-state index in [9.17, 15) is 18.0 Å². The fraction of sp³-hybridized carbons (Fsp3) is 0.167. The number of hydrogen-bond acceptors (Lipinski definition) is 7. The van der Waals surface area contributed by atoms with Crippen LogP contribution in [0, 0.1) is 6.92 Å². The summed E-state index contributed by atoms with van der Waals surface area (Å²) in [7, 11) is 0. The normalized spacial score (nSPS) is 11.6. The molecule has 0 saturated carbocycles. The van der Waals surface area contributed by atoms with Gasteiger partial charge in [-0.15, -0.1) is 0 Å². The number of fused-ring (bicyclic) bond motifs is 1. The third-order valence-electron chi connectivity index (χ3n) is 3.99. The molecular weight excluding hydrogens is 405 g/mol. The van der Waals surface area contributed by atoms with Crippen molar-refractivity contribution in [1.29, 1.82) is 0 Å². The lowest BCUT2D eigenvalue weighted by Crippen LogP contribution is -2.14. The van der Waals surface area contributed by atoms with E-state index in [4.69, 9.17) is 4.74 Å². The van der Waals surface area contributed by atoms with E-state index in [1.54, 1.807) is 18.5 Å². The minimum atomic E-state index is -4.76. The smallest absolute Gasteiger partial charge is 0.444 e. The van der Waals surface area contributed by atoms with Crippen molar-refractivity contribution >= 4 is 17.3 Å². The number of ether oxygens (including phenoxy) is 1. The number of aromatic nitrogens is 5. The summed E-state index contributed by atoms with van der Waals surface area (Å²) >= 11 is 0. The number of nitrogens with one attached hydrogen (secondary N) is 1. The molecule has 12 heteroatoms. The van der Waals surface area contributed by atoms with E-state index in [0.717, 1.165) is 11.1 Å². The van der Waals surface area contributed by atoms with Crippen molar-refractivity contribution in [3.8, 4) is 11.5 Å². The van der Waals surface area contributed by atoms with Gasteiger partial charge in [-0.05, 0) is 36.8 Å². The molecule has 4 aromatic rings. The Bertz CT molecular complexity index is 1220. The molecule has 0 aliphatic rings. The number of anilines is 1. The van der Waals surface area contributed by atoms with Gasteiger partial charge in [0.05, 0.1) is 17.4 Å². The molecule has 0 fully saturated rings. The first-order valence-electron chi connectivity index (χ1n) is 8.53. The van der Waals surface area contributed by atoms with Gasteiger partial charge in [-0.2, -0.15) is 23.3 Å². The van der Waals surface area contributed by atoms with Crippen LogP contribution >= 0.6 is 0 Å². The molecule has 0 atom stereocenters. The van der Waals surface area contributed by atoms with Crippen LogP contribution in [0.25, 0.3) is 17.0 Å². The number of rotatable bonds is 4. The van der Waals surface area contributed by atoms with Crippen molar-refractivity contribution in [2.24, 2.45) is 0 Å². The summed E-state index contributed by atoms with van der Waals surface area (Å²) in [6, 6.07) is 6.29. The van der Waals surface area contributed by atoms with Gasteiger partial charge in [-0.1, -0.05) is 5.16 Å². The van der Waals surface area contributed by atoms with Crippen molar-refractivity contribution in [1.82, 2.24) is 24.7 Å². The fourth-order valence-corrected chi connectivity index (χ4v) is 2.73. The van der Waals surface area contributed by atoms with E-state index < -0.39 is 18.2 Å². The van der Waals surface area contributed by atoms with Gasteiger partial charge >= 0.3 is 18.2 Å². The SMILES string of the molecule is Cc1cncc(COC(=O)Nc2ccc(-c3noc(C(F)(F)F)n3)n3nccc23)c1. The van der Waals surface area contributed by atoms with Crippen molar-refractivity contribution in [3.63, 3.8) is 0 Å². The Hall–Kier alpha value is -3.96. The molecule has 9 nitrogen and oxygen atoms in total. The average Bonchev–Trinajstić information content (AvgIpc) is 3.36. The van der Waals surface area contributed by atoms with Gasteiger partial charge in [-0.3, -0.25) is 10.3 Å². The highest BCUT2D eigenvalue weighted by Crippen LogP contribution is 2.30. The molecule has 1 amide bonds. The van der Waals surface area contributed by atoms with Crippen LogP contribution < -0.4 is 5.32 Å². The lowest BCUT2D eigenvalue weighted by atomic mass is 10.2. The van der Waals surface area contributed by atoms with Crippen molar-refractivity contribution in [2.75, 3.05) is 5.32 Å². The van der Waals surface area contributed by atoms with Crippen LogP contribution in [0.2, 0.25) is 0 Å². The molecule has 0 saturated heterocycles. The summed E-state index contributed by atoms with van der Waals surface area (Å²) in [5.74, 6) is -1.76. The van der Waals surface area contributed by atoms with Crippen molar-refractivity contribution < 1.29 is 27.2 Å². The molecule has 1 N–H and O–H groups in total. The second-order valence-electron chi connectivity index (χ2n) is 6.25. The van der Waals surface area contributed by atoms with Gasteiger partial charge in [0.2, 0.25) is 5.82 Å². The van der Waals surface area contributed by atoms with Crippen LogP contribution in [-0.2, 0) is 17.5 Å². The lowest BCUT2D eigenvalue weighted by Gasteiger charge is -2.10. The Balaban J connectivity index is 1.53. The van der Waals surface area contributed by atoms with E-state index >= 15 is 0 Å². The van der Waals surface area contributed by atoms with Crippen LogP contribution in [0.15, 0.2) is 47.4 Å². The zero-order valence-corrected chi connectivity index (χ0v) is 15.3. The number of carbonyl (C=O) groups excluding carboxylic acids is 1. The number of pyridine rings is 2. The van der Waals surface area contributed by atoms with E-state index in [1.165, 1.54) is 22.8 Å². The maximum Gasteiger partial charge on any atom is 0.471 e. The number of alkyl halides is 3. The predicted molar refractivity (Wildman–Crippen MR) is 96.3 cm³/mol. The molecule has 0 bridgehead atoms. The molecule has 0 aliphatic heterocycles. The van der Waals surface area contributed by atoms with Gasteiger partial charge in [0, 0.05) is 18.0 Å². The van der Waals surface area contributed by atoms with Gasteiger partial charge in [0.1, 0.15) is 12.3 Å². The van der Waals surface area contributed by atoms with Crippen LogP contribution in [0.1, 0.15) is 17.0 Å². The number of amides is 1. The Morgan fingerprint density at radius 1 is 1.27 bits per heavy atom. The number of hydrogen-bond donors (Lipinski definition) is 1. The van der Waals surface area contributed by atoms with Gasteiger partial charge in [0.15, 0.2) is 0 Å². The molecule has 0 spiro atoms. The second kappa shape index (κ2) is 7.46. The van der Waals surface area contributed by atoms with Crippen LogP contribution in [0.4, 0.5) is 23.7 Å². The molecular formula is C18H13F3N6O3. The Kier molecular flexibility index (Phi) is 4.82. The molecule has 154 valence electrons. The molecule has 0 aliphatic carbocycles. The van der Waals surface area contributed by atoms with Gasteiger partial charge < -0.3 is 9.26 Å². The maximum atomic E-state index is 12.7. The maximum absolute atomic E-state index is 12.7. The predicted octanol–water partition coefficient (Wildman–Crippen LogP) is 3.86. The highest BCUT2D eigenvalue weighted by atomic mass is 19.4. The molecule has 4 rings (SSSR count). The summed E-state index contributed by atoms with van der Waals surface area (Å²) in [5, 5.41) is 9.99. The zero-order valence-electron chi connectivity index (χ0n) is 15.3. The highest BCUT2D eigenvalue weighted by molar-refractivity contribution is 5.91. The van der Waals surface area contributed by atoms with Crippen LogP contribution in [0.3, 0.4) is 0 Å². The van der Waals surface area contributed by atoms with Crippen LogP contribution in [-0.4, -0.2) is 30.8 Å². The number of nitrogens with zero attached hydrogens (tertiary/aromatic N) is 5. The largest absolute Gasteiger partial charge is 0.471 e. The zero-order chi connectivity index (χ0) is 21.3. The molecule has 0 aromatic carbocycles. The summed E-state index contributed by atoms with van der Waals surface area (Å²) in [6.07, 6.45) is -0.788. The van der Waals surface area contributed by atoms with E-state index in [2.05, 4.69) is 30.1 Å². The van der Waals surface area contributed by atoms with Gasteiger partial charge in [0.25, 0.3) is 0 Å². The standard InChI is InChI=1S/C18H13F3N6O3/c1-10-6-11(8-22-7-10)9-29-17(28)24-12-2-3-14(27-13(12)4-5-23-27)15-25-16(30-26-15)18(19,20)21/h2-8H,9H2,1H3,(H,24,28). The van der Waals surface area contributed by atoms with E-state index in [-0.39, 0.29) is 18.1 Å².